The van der Waals surface area contributed by atoms with E-state index in [0.717, 1.165) is 33.3 Å². The van der Waals surface area contributed by atoms with Gasteiger partial charge in [-0.1, -0.05) is 54.6 Å². The predicted molar refractivity (Wildman–Crippen MR) is 161 cm³/mol. The molecule has 2 amide bonds. The van der Waals surface area contributed by atoms with Crippen LogP contribution in [-0.4, -0.2) is 62.0 Å². The summed E-state index contributed by atoms with van der Waals surface area (Å²) in [6.07, 6.45) is 1.08. The molecule has 0 bridgehead atoms. The summed E-state index contributed by atoms with van der Waals surface area (Å²) in [4.78, 5) is 40.0. The Morgan fingerprint density at radius 3 is 2.24 bits per heavy atom. The molecular formula is C30H36N4O7S. The molecule has 0 aliphatic carbocycles. The number of nitrogens with zero attached hydrogens (tertiary/aromatic N) is 3. The number of non-ortho nitro benzene ring substituents is 1. The van der Waals surface area contributed by atoms with Gasteiger partial charge < -0.3 is 15.0 Å². The second-order valence-electron chi connectivity index (χ2n) is 10.2. The first-order valence-electron chi connectivity index (χ1n) is 13.3. The summed E-state index contributed by atoms with van der Waals surface area (Å²) in [5, 5.41) is 14.4. The zero-order valence-electron chi connectivity index (χ0n) is 24.3. The number of aryl methyl sites for hydroxylation is 1. The van der Waals surface area contributed by atoms with Crippen LogP contribution in [0, 0.1) is 17.0 Å². The number of carbonyl (C=O) groups excluding carboxylic acids is 2. The van der Waals surface area contributed by atoms with Crippen molar-refractivity contribution in [2.24, 2.45) is 0 Å². The predicted octanol–water partition coefficient (Wildman–Crippen LogP) is 3.84. The van der Waals surface area contributed by atoms with Crippen molar-refractivity contribution in [1.82, 2.24) is 10.2 Å². The van der Waals surface area contributed by atoms with Gasteiger partial charge in [0.2, 0.25) is 21.8 Å². The average Bonchev–Trinajstić information content (AvgIpc) is 2.93. The molecule has 12 heteroatoms. The Morgan fingerprint density at radius 1 is 1.02 bits per heavy atom. The van der Waals surface area contributed by atoms with Crippen molar-refractivity contribution in [3.63, 3.8) is 0 Å². The Kier molecular flexibility index (Phi) is 10.6. The number of rotatable bonds is 13. The van der Waals surface area contributed by atoms with E-state index in [1.54, 1.807) is 0 Å². The summed E-state index contributed by atoms with van der Waals surface area (Å²) in [7, 11) is -2.85. The van der Waals surface area contributed by atoms with Crippen molar-refractivity contribution in [1.29, 1.82) is 0 Å². The quantitative estimate of drug-likeness (QED) is 0.234. The van der Waals surface area contributed by atoms with E-state index >= 15 is 0 Å². The molecule has 11 nitrogen and oxygen atoms in total. The fraction of sp³-hybridized carbons (Fsp3) is 0.333. The third-order valence-electron chi connectivity index (χ3n) is 6.63. The van der Waals surface area contributed by atoms with Crippen LogP contribution in [0.4, 0.5) is 11.4 Å². The van der Waals surface area contributed by atoms with Gasteiger partial charge in [-0.05, 0) is 43.5 Å². The van der Waals surface area contributed by atoms with E-state index in [0.29, 0.717) is 0 Å². The van der Waals surface area contributed by atoms with Gasteiger partial charge in [0.05, 0.1) is 18.3 Å². The third-order valence-corrected chi connectivity index (χ3v) is 7.75. The fourth-order valence-corrected chi connectivity index (χ4v) is 5.33. The highest BCUT2D eigenvalue weighted by Crippen LogP contribution is 2.34. The molecule has 0 spiro atoms. The number of ether oxygens (including phenoxy) is 1. The Labute approximate surface area is 246 Å². The van der Waals surface area contributed by atoms with Crippen molar-refractivity contribution < 1.29 is 27.7 Å². The van der Waals surface area contributed by atoms with Crippen molar-refractivity contribution in [3.05, 3.63) is 99.6 Å². The number of sulfonamides is 1. The molecule has 0 fully saturated rings. The summed E-state index contributed by atoms with van der Waals surface area (Å²) in [5.74, 6) is -1.03. The molecule has 224 valence electrons. The fourth-order valence-electron chi connectivity index (χ4n) is 4.49. The lowest BCUT2D eigenvalue weighted by Gasteiger charge is -2.34. The standard InChI is InChI=1S/C30H36N4O7S/c1-21(2)31-30(36)27(17-23-12-7-6-8-13-23)32(19-24-14-10-9-11-22(24)3)29(35)20-33(42(5,39)40)26-18-25(34(37)38)15-16-28(26)41-4/h6-16,18,21,27H,17,19-20H2,1-5H3,(H,31,36). The van der Waals surface area contributed by atoms with Crippen LogP contribution in [0.3, 0.4) is 0 Å². The third kappa shape index (κ3) is 8.29. The van der Waals surface area contributed by atoms with Gasteiger partial charge in [-0.2, -0.15) is 0 Å². The van der Waals surface area contributed by atoms with Gasteiger partial charge in [-0.3, -0.25) is 24.0 Å². The zero-order valence-corrected chi connectivity index (χ0v) is 25.1. The first kappa shape index (κ1) is 32.1. The molecule has 0 aliphatic rings. The molecule has 1 unspecified atom stereocenters. The number of hydrogen-bond acceptors (Lipinski definition) is 7. The molecule has 3 rings (SSSR count). The summed E-state index contributed by atoms with van der Waals surface area (Å²) in [5.41, 5.74) is 1.94. The number of amides is 2. The minimum Gasteiger partial charge on any atom is -0.495 e. The van der Waals surface area contributed by atoms with Gasteiger partial charge >= 0.3 is 0 Å². The van der Waals surface area contributed by atoms with E-state index in [9.17, 15) is 28.1 Å². The van der Waals surface area contributed by atoms with Gasteiger partial charge in [-0.25, -0.2) is 8.42 Å². The molecule has 3 aromatic rings. The molecule has 0 saturated heterocycles. The molecule has 0 radical (unpaired) electrons. The molecular weight excluding hydrogens is 560 g/mol. The van der Waals surface area contributed by atoms with E-state index in [-0.39, 0.29) is 36.1 Å². The van der Waals surface area contributed by atoms with E-state index in [1.807, 2.05) is 75.4 Å². The van der Waals surface area contributed by atoms with Crippen molar-refractivity contribution in [2.75, 3.05) is 24.2 Å². The second-order valence-corrected chi connectivity index (χ2v) is 12.1. The Morgan fingerprint density at radius 2 is 1.67 bits per heavy atom. The zero-order chi connectivity index (χ0) is 31.0. The number of nitro benzene ring substituents is 1. The van der Waals surface area contributed by atoms with Crippen LogP contribution in [0.15, 0.2) is 72.8 Å². The second kappa shape index (κ2) is 13.9. The lowest BCUT2D eigenvalue weighted by Crippen LogP contribution is -2.54. The molecule has 3 aromatic carbocycles. The number of hydrogen-bond donors (Lipinski definition) is 1. The minimum absolute atomic E-state index is 0.0260. The minimum atomic E-state index is -4.14. The smallest absolute Gasteiger partial charge is 0.271 e. The van der Waals surface area contributed by atoms with Crippen LogP contribution in [0.1, 0.15) is 30.5 Å². The highest BCUT2D eigenvalue weighted by molar-refractivity contribution is 7.92. The Bertz CT molecular complexity index is 1530. The maximum Gasteiger partial charge on any atom is 0.271 e. The number of anilines is 1. The van der Waals surface area contributed by atoms with Crippen LogP contribution in [0.25, 0.3) is 0 Å². The van der Waals surface area contributed by atoms with E-state index in [1.165, 1.54) is 24.1 Å². The van der Waals surface area contributed by atoms with E-state index < -0.39 is 39.3 Å². The summed E-state index contributed by atoms with van der Waals surface area (Å²) < 4.78 is 32.2. The number of nitrogens with one attached hydrogen (secondary N) is 1. The molecule has 1 N–H and O–H groups in total. The molecule has 42 heavy (non-hydrogen) atoms. The highest BCUT2D eigenvalue weighted by Gasteiger charge is 2.34. The SMILES string of the molecule is COc1ccc([N+](=O)[O-])cc1N(CC(=O)N(Cc1ccccc1C)C(Cc1ccccc1)C(=O)NC(C)C)S(C)(=O)=O. The van der Waals surface area contributed by atoms with Gasteiger partial charge in [0.15, 0.2) is 0 Å². The Balaban J connectivity index is 2.14. The first-order chi connectivity index (χ1) is 19.8. The van der Waals surface area contributed by atoms with Crippen molar-refractivity contribution in [2.45, 2.75) is 45.8 Å². The summed E-state index contributed by atoms with van der Waals surface area (Å²) in [6.45, 7) is 4.81. The number of nitro groups is 1. The molecule has 0 saturated carbocycles. The molecule has 0 aromatic heterocycles. The van der Waals surface area contributed by atoms with Crippen molar-refractivity contribution in [3.8, 4) is 5.75 Å². The largest absolute Gasteiger partial charge is 0.495 e. The maximum absolute atomic E-state index is 14.2. The van der Waals surface area contributed by atoms with Gasteiger partial charge in [0.25, 0.3) is 5.69 Å². The number of benzene rings is 3. The van der Waals surface area contributed by atoms with Crippen LogP contribution >= 0.6 is 0 Å². The van der Waals surface area contributed by atoms with Crippen molar-refractivity contribution >= 4 is 33.2 Å². The van der Waals surface area contributed by atoms with E-state index in [4.69, 9.17) is 4.74 Å². The summed E-state index contributed by atoms with van der Waals surface area (Å²) in [6, 6.07) is 18.9. The maximum atomic E-state index is 14.2. The first-order valence-corrected chi connectivity index (χ1v) is 15.1. The normalized spacial score (nSPS) is 12.0. The van der Waals surface area contributed by atoms with Crippen LogP contribution in [0.5, 0.6) is 5.75 Å². The molecule has 1 atom stereocenters. The van der Waals surface area contributed by atoms with Gasteiger partial charge in [0.1, 0.15) is 24.0 Å². The topological polar surface area (TPSA) is 139 Å². The van der Waals surface area contributed by atoms with Crippen LogP contribution in [0.2, 0.25) is 0 Å². The van der Waals surface area contributed by atoms with Crippen LogP contribution < -0.4 is 14.4 Å². The number of methoxy groups -OCH3 is 1. The monoisotopic (exact) mass is 596 g/mol. The highest BCUT2D eigenvalue weighted by atomic mass is 32.2. The number of carbonyl (C=O) groups is 2. The average molecular weight is 597 g/mol. The van der Waals surface area contributed by atoms with Gasteiger partial charge in [-0.15, -0.1) is 0 Å². The lowest BCUT2D eigenvalue weighted by atomic mass is 10.0. The summed E-state index contributed by atoms with van der Waals surface area (Å²) >= 11 is 0. The van der Waals surface area contributed by atoms with Crippen LogP contribution in [-0.2, 0) is 32.6 Å². The van der Waals surface area contributed by atoms with E-state index in [2.05, 4.69) is 5.32 Å². The lowest BCUT2D eigenvalue weighted by molar-refractivity contribution is -0.384. The van der Waals surface area contributed by atoms with Gasteiger partial charge in [0, 0.05) is 31.1 Å². The molecule has 0 heterocycles. The Hall–Kier alpha value is -4.45. The molecule has 0 aliphatic heterocycles.